The van der Waals surface area contributed by atoms with Crippen LogP contribution in [0.1, 0.15) is 5.56 Å². The fraction of sp³-hybridized carbons (Fsp3) is 0.417. The first-order valence-corrected chi connectivity index (χ1v) is 6.30. The van der Waals surface area contributed by atoms with Crippen molar-refractivity contribution in [3.05, 3.63) is 28.2 Å². The number of anilines is 1. The second kappa shape index (κ2) is 5.50. The highest BCUT2D eigenvalue weighted by Gasteiger charge is 2.21. The summed E-state index contributed by atoms with van der Waals surface area (Å²) in [4.78, 5) is 2.16. The lowest BCUT2D eigenvalue weighted by Gasteiger charge is -2.34. The molecule has 1 unspecified atom stereocenters. The Morgan fingerprint density at radius 3 is 3.12 bits per heavy atom. The highest BCUT2D eigenvalue weighted by molar-refractivity contribution is 9.10. The van der Waals surface area contributed by atoms with Gasteiger partial charge in [0.15, 0.2) is 0 Å². The van der Waals surface area contributed by atoms with Gasteiger partial charge in [-0.2, -0.15) is 5.26 Å². The Balaban J connectivity index is 2.27. The molecule has 1 aromatic rings. The molecule has 2 N–H and O–H groups in total. The molecule has 0 amide bonds. The Labute approximate surface area is 109 Å². The van der Waals surface area contributed by atoms with E-state index >= 15 is 0 Å². The molecule has 1 aliphatic rings. The Bertz CT molecular complexity index is 444. The molecule has 0 aliphatic carbocycles. The number of halogens is 1. The lowest BCUT2D eigenvalue weighted by Crippen LogP contribution is -2.45. The minimum Gasteiger partial charge on any atom is -0.373 e. The van der Waals surface area contributed by atoms with Crippen LogP contribution in [0.3, 0.4) is 0 Å². The molecule has 1 aliphatic heterocycles. The largest absolute Gasteiger partial charge is 0.373 e. The number of hydrogen-bond donors (Lipinski definition) is 1. The van der Waals surface area contributed by atoms with Crippen LogP contribution in [0.25, 0.3) is 0 Å². The van der Waals surface area contributed by atoms with Gasteiger partial charge in [-0.05, 0) is 18.2 Å². The highest BCUT2D eigenvalue weighted by atomic mass is 79.9. The predicted molar refractivity (Wildman–Crippen MR) is 69.9 cm³/mol. The van der Waals surface area contributed by atoms with Gasteiger partial charge in [0.1, 0.15) is 6.07 Å². The smallest absolute Gasteiger partial charge is 0.101 e. The molecule has 5 heteroatoms. The van der Waals surface area contributed by atoms with Crippen molar-refractivity contribution in [2.24, 2.45) is 5.73 Å². The number of rotatable bonds is 2. The van der Waals surface area contributed by atoms with Gasteiger partial charge in [-0.3, -0.25) is 0 Å². The number of nitrogens with two attached hydrogens (primary N) is 1. The maximum Gasteiger partial charge on any atom is 0.101 e. The minimum atomic E-state index is 0.0503. The van der Waals surface area contributed by atoms with E-state index in [9.17, 15) is 0 Å². The average Bonchev–Trinajstić information content (AvgIpc) is 2.39. The zero-order valence-electron chi connectivity index (χ0n) is 9.40. The van der Waals surface area contributed by atoms with Crippen molar-refractivity contribution in [3.8, 4) is 6.07 Å². The van der Waals surface area contributed by atoms with Crippen LogP contribution in [0.4, 0.5) is 5.69 Å². The van der Waals surface area contributed by atoms with Gasteiger partial charge in [0.2, 0.25) is 0 Å². The van der Waals surface area contributed by atoms with Crippen LogP contribution < -0.4 is 10.6 Å². The molecule has 1 aromatic carbocycles. The van der Waals surface area contributed by atoms with Gasteiger partial charge in [0.05, 0.1) is 24.0 Å². The molecule has 17 heavy (non-hydrogen) atoms. The molecule has 0 spiro atoms. The van der Waals surface area contributed by atoms with Crippen molar-refractivity contribution in [2.75, 3.05) is 31.1 Å². The van der Waals surface area contributed by atoms with Crippen molar-refractivity contribution >= 4 is 21.6 Å². The zero-order valence-corrected chi connectivity index (χ0v) is 11.0. The summed E-state index contributed by atoms with van der Waals surface area (Å²) < 4.78 is 6.50. The zero-order chi connectivity index (χ0) is 12.3. The average molecular weight is 296 g/mol. The fourth-order valence-electron chi connectivity index (χ4n) is 1.94. The van der Waals surface area contributed by atoms with Crippen molar-refractivity contribution < 1.29 is 4.74 Å². The van der Waals surface area contributed by atoms with Gasteiger partial charge in [-0.1, -0.05) is 15.9 Å². The molecule has 2 rings (SSSR count). The van der Waals surface area contributed by atoms with E-state index in [1.54, 1.807) is 0 Å². The summed E-state index contributed by atoms with van der Waals surface area (Å²) in [5.74, 6) is 0. The van der Waals surface area contributed by atoms with Gasteiger partial charge in [-0.15, -0.1) is 0 Å². The summed E-state index contributed by atoms with van der Waals surface area (Å²) in [5.41, 5.74) is 7.25. The molecule has 90 valence electrons. The Kier molecular flexibility index (Phi) is 4.00. The Hall–Kier alpha value is -1.09. The van der Waals surface area contributed by atoms with Crippen molar-refractivity contribution in [3.63, 3.8) is 0 Å². The van der Waals surface area contributed by atoms with Gasteiger partial charge in [0, 0.05) is 24.1 Å². The normalized spacial score (nSPS) is 20.1. The van der Waals surface area contributed by atoms with Crippen molar-refractivity contribution in [1.29, 1.82) is 5.26 Å². The molecule has 0 saturated carbocycles. The van der Waals surface area contributed by atoms with E-state index in [1.165, 1.54) is 0 Å². The molecule has 1 fully saturated rings. The van der Waals surface area contributed by atoms with E-state index in [1.807, 2.05) is 18.2 Å². The first kappa shape index (κ1) is 12.4. The summed E-state index contributed by atoms with van der Waals surface area (Å²) in [6.07, 6.45) is 0.0503. The van der Waals surface area contributed by atoms with Crippen LogP contribution >= 0.6 is 15.9 Å². The molecule has 0 bridgehead atoms. The van der Waals surface area contributed by atoms with E-state index in [4.69, 9.17) is 15.7 Å². The molecule has 0 aromatic heterocycles. The van der Waals surface area contributed by atoms with Gasteiger partial charge < -0.3 is 15.4 Å². The Morgan fingerprint density at radius 1 is 1.59 bits per heavy atom. The molecule has 1 heterocycles. The van der Waals surface area contributed by atoms with Gasteiger partial charge in [-0.25, -0.2) is 0 Å². The van der Waals surface area contributed by atoms with E-state index in [0.717, 1.165) is 23.2 Å². The third kappa shape index (κ3) is 2.78. The summed E-state index contributed by atoms with van der Waals surface area (Å²) >= 11 is 3.43. The monoisotopic (exact) mass is 295 g/mol. The molecule has 1 atom stereocenters. The fourth-order valence-corrected chi connectivity index (χ4v) is 2.29. The molecular formula is C12H14BrN3O. The van der Waals surface area contributed by atoms with Gasteiger partial charge in [0.25, 0.3) is 0 Å². The summed E-state index contributed by atoms with van der Waals surface area (Å²) in [6, 6.07) is 7.89. The van der Waals surface area contributed by atoms with E-state index in [2.05, 4.69) is 26.9 Å². The molecule has 1 saturated heterocycles. The third-order valence-electron chi connectivity index (χ3n) is 2.82. The second-order valence-electron chi connectivity index (χ2n) is 3.95. The lowest BCUT2D eigenvalue weighted by atomic mass is 10.1. The number of ether oxygens (including phenoxy) is 1. The van der Waals surface area contributed by atoms with Crippen molar-refractivity contribution in [2.45, 2.75) is 6.10 Å². The van der Waals surface area contributed by atoms with Crippen LogP contribution in [0.5, 0.6) is 0 Å². The van der Waals surface area contributed by atoms with Crippen molar-refractivity contribution in [1.82, 2.24) is 0 Å². The van der Waals surface area contributed by atoms with Crippen LogP contribution in [-0.4, -0.2) is 32.3 Å². The van der Waals surface area contributed by atoms with Crippen LogP contribution in [0.2, 0.25) is 0 Å². The minimum absolute atomic E-state index is 0.0503. The van der Waals surface area contributed by atoms with Crippen LogP contribution in [0.15, 0.2) is 22.7 Å². The molecule has 4 nitrogen and oxygen atoms in total. The quantitative estimate of drug-likeness (QED) is 0.898. The van der Waals surface area contributed by atoms with Gasteiger partial charge >= 0.3 is 0 Å². The predicted octanol–water partition coefficient (Wildman–Crippen LogP) is 1.48. The summed E-state index contributed by atoms with van der Waals surface area (Å²) in [5, 5.41) is 9.12. The standard InChI is InChI=1S/C12H14BrN3O/c13-10-2-1-9(6-14)12(5-10)16-3-4-17-11(7-15)8-16/h1-2,5,11H,3-4,7-8,15H2. The summed E-state index contributed by atoms with van der Waals surface area (Å²) in [7, 11) is 0. The maximum absolute atomic E-state index is 9.12. The first-order valence-electron chi connectivity index (χ1n) is 5.51. The lowest BCUT2D eigenvalue weighted by molar-refractivity contribution is 0.0465. The van der Waals surface area contributed by atoms with Crippen LogP contribution in [0, 0.1) is 11.3 Å². The molecule has 0 radical (unpaired) electrons. The molecular weight excluding hydrogens is 282 g/mol. The summed E-state index contributed by atoms with van der Waals surface area (Å²) in [6.45, 7) is 2.69. The topological polar surface area (TPSA) is 62.3 Å². The third-order valence-corrected chi connectivity index (χ3v) is 3.32. The van der Waals surface area contributed by atoms with E-state index in [0.29, 0.717) is 18.7 Å². The second-order valence-corrected chi connectivity index (χ2v) is 4.86. The van der Waals surface area contributed by atoms with E-state index in [-0.39, 0.29) is 6.10 Å². The SMILES string of the molecule is N#Cc1ccc(Br)cc1N1CCOC(CN)C1. The number of hydrogen-bond acceptors (Lipinski definition) is 4. The first-order chi connectivity index (χ1) is 8.24. The number of morpholine rings is 1. The number of nitriles is 1. The maximum atomic E-state index is 9.12. The Morgan fingerprint density at radius 2 is 2.41 bits per heavy atom. The van der Waals surface area contributed by atoms with Crippen LogP contribution in [-0.2, 0) is 4.74 Å². The number of benzene rings is 1. The highest BCUT2D eigenvalue weighted by Crippen LogP contribution is 2.26. The van der Waals surface area contributed by atoms with E-state index < -0.39 is 0 Å². The number of nitrogens with zero attached hydrogens (tertiary/aromatic N) is 2.